The zero-order chi connectivity index (χ0) is 22.6. The minimum atomic E-state index is -1.21. The van der Waals surface area contributed by atoms with E-state index in [1.165, 1.54) is 4.90 Å². The highest BCUT2D eigenvalue weighted by molar-refractivity contribution is 6.10. The van der Waals surface area contributed by atoms with Gasteiger partial charge in [0, 0.05) is 44.2 Å². The molecule has 0 unspecified atom stereocenters. The molecule has 0 spiro atoms. The van der Waals surface area contributed by atoms with Gasteiger partial charge in [-0.25, -0.2) is 0 Å². The van der Waals surface area contributed by atoms with Crippen LogP contribution in [0.25, 0.3) is 0 Å². The summed E-state index contributed by atoms with van der Waals surface area (Å²) in [7, 11) is 0. The normalized spacial score (nSPS) is 23.6. The standard InChI is InChI=1S/C25H29N3O4/c29-18-21-11-5-7-14-27(21)22(30)16-25(19-8-2-1-3-9-19)17-23(31)28(24(25)32)15-12-20-10-4-6-13-26-20/h1-4,6,8-10,13,21,29H,5,7,11-12,14-18H2/t21-,25-/m1/s1. The lowest BCUT2D eigenvalue weighted by molar-refractivity contribution is -0.144. The summed E-state index contributed by atoms with van der Waals surface area (Å²) in [6.07, 6.45) is 4.66. The number of likely N-dealkylation sites (tertiary alicyclic amines) is 2. The van der Waals surface area contributed by atoms with Gasteiger partial charge in [-0.3, -0.25) is 24.3 Å². The van der Waals surface area contributed by atoms with Crippen molar-refractivity contribution in [3.8, 4) is 0 Å². The average Bonchev–Trinajstić information content (AvgIpc) is 3.08. The molecule has 2 aliphatic rings. The van der Waals surface area contributed by atoms with Crippen LogP contribution in [0.1, 0.15) is 43.4 Å². The number of piperidine rings is 1. The molecule has 3 heterocycles. The monoisotopic (exact) mass is 435 g/mol. The van der Waals surface area contributed by atoms with E-state index in [-0.39, 0.29) is 49.8 Å². The number of carbonyl (C=O) groups is 3. The summed E-state index contributed by atoms with van der Waals surface area (Å²) in [5.74, 6) is -0.768. The first-order valence-corrected chi connectivity index (χ1v) is 11.3. The summed E-state index contributed by atoms with van der Waals surface area (Å²) >= 11 is 0. The third-order valence-corrected chi connectivity index (χ3v) is 6.66. The van der Waals surface area contributed by atoms with Crippen LogP contribution in [-0.2, 0) is 26.2 Å². The molecule has 0 aliphatic carbocycles. The smallest absolute Gasteiger partial charge is 0.240 e. The Morgan fingerprint density at radius 2 is 1.88 bits per heavy atom. The molecule has 2 aromatic rings. The summed E-state index contributed by atoms with van der Waals surface area (Å²) in [4.78, 5) is 47.3. The third-order valence-electron chi connectivity index (χ3n) is 6.66. The lowest BCUT2D eigenvalue weighted by Gasteiger charge is -2.37. The van der Waals surface area contributed by atoms with Gasteiger partial charge in [-0.05, 0) is 37.0 Å². The zero-order valence-electron chi connectivity index (χ0n) is 18.2. The molecule has 7 heteroatoms. The average molecular weight is 436 g/mol. The topological polar surface area (TPSA) is 90.8 Å². The number of aromatic nitrogens is 1. The molecule has 2 saturated heterocycles. The van der Waals surface area contributed by atoms with Gasteiger partial charge in [-0.2, -0.15) is 0 Å². The number of benzene rings is 1. The summed E-state index contributed by atoms with van der Waals surface area (Å²) in [5, 5.41) is 9.74. The van der Waals surface area contributed by atoms with E-state index in [1.807, 2.05) is 48.5 Å². The van der Waals surface area contributed by atoms with E-state index < -0.39 is 5.41 Å². The van der Waals surface area contributed by atoms with Crippen LogP contribution in [0.4, 0.5) is 0 Å². The lowest BCUT2D eigenvalue weighted by Crippen LogP contribution is -2.49. The van der Waals surface area contributed by atoms with Gasteiger partial charge in [0.15, 0.2) is 0 Å². The number of imide groups is 1. The molecular weight excluding hydrogens is 406 g/mol. The summed E-state index contributed by atoms with van der Waals surface area (Å²) in [5.41, 5.74) is 0.280. The minimum absolute atomic E-state index is 0.0264. The van der Waals surface area contributed by atoms with E-state index >= 15 is 0 Å². The Labute approximate surface area is 188 Å². The van der Waals surface area contributed by atoms with Crippen molar-refractivity contribution in [2.24, 2.45) is 0 Å². The zero-order valence-corrected chi connectivity index (χ0v) is 18.2. The first kappa shape index (κ1) is 22.1. The number of amides is 3. The second-order valence-corrected chi connectivity index (χ2v) is 8.64. The highest BCUT2D eigenvalue weighted by Gasteiger charge is 2.54. The molecule has 2 atom stereocenters. The van der Waals surface area contributed by atoms with Gasteiger partial charge < -0.3 is 10.0 Å². The van der Waals surface area contributed by atoms with Crippen molar-refractivity contribution in [2.45, 2.75) is 50.0 Å². The number of hydrogen-bond acceptors (Lipinski definition) is 5. The molecule has 0 radical (unpaired) electrons. The van der Waals surface area contributed by atoms with Gasteiger partial charge in [0.2, 0.25) is 17.7 Å². The van der Waals surface area contributed by atoms with Crippen molar-refractivity contribution in [1.82, 2.24) is 14.8 Å². The molecule has 1 N–H and O–H groups in total. The van der Waals surface area contributed by atoms with E-state index in [1.54, 1.807) is 11.1 Å². The largest absolute Gasteiger partial charge is 0.394 e. The predicted octanol–water partition coefficient (Wildman–Crippen LogP) is 2.08. The molecule has 32 heavy (non-hydrogen) atoms. The number of carbonyl (C=O) groups excluding carboxylic acids is 3. The van der Waals surface area contributed by atoms with Gasteiger partial charge in [0.25, 0.3) is 0 Å². The molecule has 4 rings (SSSR count). The highest BCUT2D eigenvalue weighted by Crippen LogP contribution is 2.40. The molecule has 1 aromatic carbocycles. The second-order valence-electron chi connectivity index (χ2n) is 8.64. The van der Waals surface area contributed by atoms with Crippen molar-refractivity contribution in [1.29, 1.82) is 0 Å². The van der Waals surface area contributed by atoms with Gasteiger partial charge in [-0.1, -0.05) is 36.4 Å². The lowest BCUT2D eigenvalue weighted by atomic mass is 9.75. The summed E-state index contributed by atoms with van der Waals surface area (Å²) < 4.78 is 0. The van der Waals surface area contributed by atoms with Crippen molar-refractivity contribution in [3.63, 3.8) is 0 Å². The molecule has 168 valence electrons. The minimum Gasteiger partial charge on any atom is -0.394 e. The molecule has 2 aliphatic heterocycles. The van der Waals surface area contributed by atoms with Crippen LogP contribution in [0.15, 0.2) is 54.7 Å². The van der Waals surface area contributed by atoms with E-state index in [0.717, 1.165) is 25.0 Å². The van der Waals surface area contributed by atoms with Gasteiger partial charge in [0.1, 0.15) is 0 Å². The van der Waals surface area contributed by atoms with Crippen LogP contribution in [-0.4, -0.2) is 63.4 Å². The van der Waals surface area contributed by atoms with E-state index in [2.05, 4.69) is 4.98 Å². The van der Waals surface area contributed by atoms with Crippen molar-refractivity contribution in [2.75, 3.05) is 19.7 Å². The first-order valence-electron chi connectivity index (χ1n) is 11.3. The SMILES string of the molecule is O=C1C[C@](CC(=O)N2CCCC[C@@H]2CO)(c2ccccc2)C(=O)N1CCc1ccccn1. The Hall–Kier alpha value is -3.06. The Bertz CT molecular complexity index is 966. The Morgan fingerprint density at radius 3 is 2.59 bits per heavy atom. The Kier molecular flexibility index (Phi) is 6.65. The van der Waals surface area contributed by atoms with Gasteiger partial charge >= 0.3 is 0 Å². The number of nitrogens with zero attached hydrogens (tertiary/aromatic N) is 3. The number of hydrogen-bond donors (Lipinski definition) is 1. The predicted molar refractivity (Wildman–Crippen MR) is 118 cm³/mol. The fraction of sp³-hybridized carbons (Fsp3) is 0.440. The van der Waals surface area contributed by atoms with Gasteiger partial charge in [-0.15, -0.1) is 0 Å². The van der Waals surface area contributed by atoms with Crippen LogP contribution < -0.4 is 0 Å². The van der Waals surface area contributed by atoms with Crippen LogP contribution >= 0.6 is 0 Å². The molecule has 0 saturated carbocycles. The Morgan fingerprint density at radius 1 is 1.09 bits per heavy atom. The van der Waals surface area contributed by atoms with Crippen LogP contribution in [0.3, 0.4) is 0 Å². The number of pyridine rings is 1. The highest BCUT2D eigenvalue weighted by atomic mass is 16.3. The maximum absolute atomic E-state index is 13.7. The van der Waals surface area contributed by atoms with Gasteiger partial charge in [0.05, 0.1) is 18.1 Å². The van der Waals surface area contributed by atoms with Crippen LogP contribution in [0.2, 0.25) is 0 Å². The Balaban J connectivity index is 1.60. The van der Waals surface area contributed by atoms with Crippen molar-refractivity contribution < 1.29 is 19.5 Å². The van der Waals surface area contributed by atoms with Crippen LogP contribution in [0.5, 0.6) is 0 Å². The summed E-state index contributed by atoms with van der Waals surface area (Å²) in [6, 6.07) is 14.5. The maximum atomic E-state index is 13.7. The molecule has 2 fully saturated rings. The van der Waals surface area contributed by atoms with E-state index in [0.29, 0.717) is 18.5 Å². The molecule has 3 amide bonds. The van der Waals surface area contributed by atoms with Crippen LogP contribution in [0, 0.1) is 0 Å². The second kappa shape index (κ2) is 9.61. The van der Waals surface area contributed by atoms with E-state index in [9.17, 15) is 19.5 Å². The maximum Gasteiger partial charge on any atom is 0.240 e. The van der Waals surface area contributed by atoms with E-state index in [4.69, 9.17) is 0 Å². The van der Waals surface area contributed by atoms with Crippen molar-refractivity contribution in [3.05, 3.63) is 66.0 Å². The molecular formula is C25H29N3O4. The molecule has 7 nitrogen and oxygen atoms in total. The molecule has 0 bridgehead atoms. The fourth-order valence-corrected chi connectivity index (χ4v) is 4.90. The summed E-state index contributed by atoms with van der Waals surface area (Å²) in [6.45, 7) is 0.716. The fourth-order valence-electron chi connectivity index (χ4n) is 4.90. The quantitative estimate of drug-likeness (QED) is 0.673. The molecule has 1 aromatic heterocycles. The number of aliphatic hydroxyl groups excluding tert-OH is 1. The number of rotatable bonds is 7. The third kappa shape index (κ3) is 4.30. The number of aliphatic hydroxyl groups is 1. The first-order chi connectivity index (χ1) is 15.5. The van der Waals surface area contributed by atoms with Crippen molar-refractivity contribution >= 4 is 17.7 Å².